The van der Waals surface area contributed by atoms with E-state index < -0.39 is 0 Å². The lowest BCUT2D eigenvalue weighted by atomic mass is 10.1. The van der Waals surface area contributed by atoms with Gasteiger partial charge >= 0.3 is 0 Å². The second-order valence-corrected chi connectivity index (χ2v) is 4.27. The Kier molecular flexibility index (Phi) is 4.89. The van der Waals surface area contributed by atoms with Gasteiger partial charge in [-0.05, 0) is 0 Å². The second-order valence-electron chi connectivity index (χ2n) is 4.27. The molecule has 0 aromatic heterocycles. The Morgan fingerprint density at radius 2 is 1.94 bits per heavy atom. The number of hydrogen-bond donors (Lipinski definition) is 0. The largest absolute Gasteiger partial charge is 0.347 e. The molecule has 0 aliphatic carbocycles. The maximum absolute atomic E-state index is 12.0. The van der Waals surface area contributed by atoms with Crippen LogP contribution in [0.4, 0.5) is 0 Å². The lowest BCUT2D eigenvalue weighted by Gasteiger charge is -2.39. The molecule has 6 nitrogen and oxygen atoms in total. The maximum atomic E-state index is 12.0. The van der Waals surface area contributed by atoms with Crippen molar-refractivity contribution in [3.63, 3.8) is 0 Å². The van der Waals surface area contributed by atoms with Crippen molar-refractivity contribution in [1.82, 2.24) is 14.7 Å². The molecule has 1 amide bonds. The molecule has 0 radical (unpaired) electrons. The van der Waals surface area contributed by atoms with Gasteiger partial charge in [-0.3, -0.25) is 14.6 Å². The Morgan fingerprint density at radius 3 is 2.47 bits per heavy atom. The van der Waals surface area contributed by atoms with Gasteiger partial charge in [-0.15, -0.1) is 0 Å². The smallest absolute Gasteiger partial charge is 0.240 e. The van der Waals surface area contributed by atoms with Crippen LogP contribution in [-0.2, 0) is 4.79 Å². The molecule has 1 aliphatic rings. The van der Waals surface area contributed by atoms with Crippen LogP contribution in [0.2, 0.25) is 0 Å². The van der Waals surface area contributed by atoms with Gasteiger partial charge in [0.15, 0.2) is 0 Å². The molecule has 0 N–H and O–H groups in total. The fourth-order valence-electron chi connectivity index (χ4n) is 1.93. The minimum atomic E-state index is -0.313. The van der Waals surface area contributed by atoms with Gasteiger partial charge in [0, 0.05) is 33.7 Å². The third-order valence-electron chi connectivity index (χ3n) is 2.87. The van der Waals surface area contributed by atoms with Crippen molar-refractivity contribution < 1.29 is 4.79 Å². The van der Waals surface area contributed by atoms with Crippen LogP contribution in [0.25, 0.3) is 0 Å². The Balaban J connectivity index is 2.73. The maximum Gasteiger partial charge on any atom is 0.240 e. The summed E-state index contributed by atoms with van der Waals surface area (Å²) in [4.78, 5) is 17.3. The van der Waals surface area contributed by atoms with E-state index in [9.17, 15) is 4.79 Å². The van der Waals surface area contributed by atoms with Crippen molar-refractivity contribution in [2.24, 2.45) is 0 Å². The Labute approximate surface area is 102 Å². The van der Waals surface area contributed by atoms with E-state index in [1.54, 1.807) is 14.1 Å². The molecule has 17 heavy (non-hydrogen) atoms. The van der Waals surface area contributed by atoms with Crippen molar-refractivity contribution in [3.8, 4) is 12.1 Å². The minimum absolute atomic E-state index is 0.0112. The lowest BCUT2D eigenvalue weighted by molar-refractivity contribution is -0.136. The molecule has 0 aromatic carbocycles. The van der Waals surface area contributed by atoms with Crippen LogP contribution in [0.1, 0.15) is 0 Å². The van der Waals surface area contributed by atoms with Crippen molar-refractivity contribution in [2.75, 3.05) is 46.8 Å². The number of likely N-dealkylation sites (N-methyl/N-ethyl adjacent to an activating group) is 1. The number of carbonyl (C=O) groups is 1. The van der Waals surface area contributed by atoms with Gasteiger partial charge < -0.3 is 4.90 Å². The first kappa shape index (κ1) is 13.4. The van der Waals surface area contributed by atoms with Crippen molar-refractivity contribution in [2.45, 2.75) is 6.04 Å². The molecule has 0 saturated carbocycles. The average molecular weight is 235 g/mol. The van der Waals surface area contributed by atoms with Crippen LogP contribution in [0, 0.1) is 22.7 Å². The van der Waals surface area contributed by atoms with E-state index >= 15 is 0 Å². The van der Waals surface area contributed by atoms with E-state index in [-0.39, 0.29) is 18.5 Å². The normalized spacial score (nSPS) is 21.5. The van der Waals surface area contributed by atoms with Crippen LogP contribution in [0.5, 0.6) is 0 Å². The van der Waals surface area contributed by atoms with E-state index in [1.807, 2.05) is 9.80 Å². The van der Waals surface area contributed by atoms with Gasteiger partial charge in [-0.2, -0.15) is 10.5 Å². The topological polar surface area (TPSA) is 74.4 Å². The minimum Gasteiger partial charge on any atom is -0.347 e. The summed E-state index contributed by atoms with van der Waals surface area (Å²) < 4.78 is 0. The van der Waals surface area contributed by atoms with Gasteiger partial charge in [-0.25, -0.2) is 0 Å². The van der Waals surface area contributed by atoms with Gasteiger partial charge in [-0.1, -0.05) is 0 Å². The highest BCUT2D eigenvalue weighted by atomic mass is 16.2. The first-order valence-electron chi connectivity index (χ1n) is 5.51. The number of amides is 1. The number of carbonyl (C=O) groups excluding carboxylic acids is 1. The number of rotatable bonds is 3. The Hall–Kier alpha value is -1.63. The van der Waals surface area contributed by atoms with Crippen LogP contribution < -0.4 is 0 Å². The van der Waals surface area contributed by atoms with Gasteiger partial charge in [0.1, 0.15) is 6.04 Å². The number of hydrogen-bond acceptors (Lipinski definition) is 5. The molecule has 0 aromatic rings. The predicted molar refractivity (Wildman–Crippen MR) is 61.7 cm³/mol. The van der Waals surface area contributed by atoms with Gasteiger partial charge in [0.05, 0.1) is 25.2 Å². The molecule has 6 heteroatoms. The van der Waals surface area contributed by atoms with E-state index in [2.05, 4.69) is 12.1 Å². The zero-order valence-electron chi connectivity index (χ0n) is 10.3. The summed E-state index contributed by atoms with van der Waals surface area (Å²) in [6, 6.07) is 3.86. The summed E-state index contributed by atoms with van der Waals surface area (Å²) in [5, 5.41) is 17.4. The summed E-state index contributed by atoms with van der Waals surface area (Å²) in [6.45, 7) is 2.49. The van der Waals surface area contributed by atoms with Crippen molar-refractivity contribution in [1.29, 1.82) is 10.5 Å². The zero-order chi connectivity index (χ0) is 12.8. The van der Waals surface area contributed by atoms with E-state index in [1.165, 1.54) is 4.90 Å². The summed E-state index contributed by atoms with van der Waals surface area (Å²) in [5.41, 5.74) is 0. The van der Waals surface area contributed by atoms with E-state index in [4.69, 9.17) is 10.5 Å². The van der Waals surface area contributed by atoms with Gasteiger partial charge in [0.25, 0.3) is 0 Å². The first-order valence-corrected chi connectivity index (χ1v) is 5.51. The van der Waals surface area contributed by atoms with Crippen LogP contribution in [-0.4, -0.2) is 73.5 Å². The number of nitrogens with zero attached hydrogens (tertiary/aromatic N) is 5. The molecule has 92 valence electrons. The highest BCUT2D eigenvalue weighted by Gasteiger charge is 2.32. The Morgan fingerprint density at radius 1 is 1.29 bits per heavy atom. The zero-order valence-corrected chi connectivity index (χ0v) is 10.3. The third kappa shape index (κ3) is 3.42. The fraction of sp³-hybridized carbons (Fsp3) is 0.727. The van der Waals surface area contributed by atoms with Crippen molar-refractivity contribution in [3.05, 3.63) is 0 Å². The average Bonchev–Trinajstić information content (AvgIpc) is 2.30. The molecule has 0 bridgehead atoms. The molecular formula is C11H17N5O. The van der Waals surface area contributed by atoms with Crippen LogP contribution in [0.15, 0.2) is 0 Å². The summed E-state index contributed by atoms with van der Waals surface area (Å²) in [5.74, 6) is -0.0112. The number of nitriles is 2. The van der Waals surface area contributed by atoms with Gasteiger partial charge in [0.2, 0.25) is 5.91 Å². The van der Waals surface area contributed by atoms with Crippen LogP contribution in [0.3, 0.4) is 0 Å². The Bertz CT molecular complexity index is 354. The monoisotopic (exact) mass is 235 g/mol. The predicted octanol–water partition coefficient (Wildman–Crippen LogP) is -0.892. The standard InChI is InChI=1S/C11H17N5O/c1-14(2)11(17)10-9-15(5-3-12)7-8-16(10)6-4-13/h10H,5-9H2,1-2H3/t10-/m1/s1. The lowest BCUT2D eigenvalue weighted by Crippen LogP contribution is -2.58. The molecule has 1 rings (SSSR count). The molecule has 0 spiro atoms. The van der Waals surface area contributed by atoms with E-state index in [0.717, 1.165) is 6.54 Å². The highest BCUT2D eigenvalue weighted by molar-refractivity contribution is 5.81. The molecule has 1 saturated heterocycles. The summed E-state index contributed by atoms with van der Waals surface area (Å²) >= 11 is 0. The van der Waals surface area contributed by atoms with E-state index in [0.29, 0.717) is 19.6 Å². The quantitative estimate of drug-likeness (QED) is 0.593. The van der Waals surface area contributed by atoms with Crippen molar-refractivity contribution >= 4 is 5.91 Å². The SMILES string of the molecule is CN(C)C(=O)[C@H]1CN(CC#N)CCN1CC#N. The highest BCUT2D eigenvalue weighted by Crippen LogP contribution is 2.11. The van der Waals surface area contributed by atoms with Crippen LogP contribution >= 0.6 is 0 Å². The summed E-state index contributed by atoms with van der Waals surface area (Å²) in [7, 11) is 3.41. The molecule has 0 unspecified atom stereocenters. The molecule has 1 atom stereocenters. The molecule has 1 fully saturated rings. The first-order chi connectivity index (χ1) is 8.10. The molecule has 1 heterocycles. The number of piperazine rings is 1. The summed E-state index contributed by atoms with van der Waals surface area (Å²) in [6.07, 6.45) is 0. The second kappa shape index (κ2) is 6.19. The molecule has 1 aliphatic heterocycles. The fourth-order valence-corrected chi connectivity index (χ4v) is 1.93. The molecular weight excluding hydrogens is 218 g/mol. The third-order valence-corrected chi connectivity index (χ3v) is 2.87.